The third kappa shape index (κ3) is 2.18. The Hall–Kier alpha value is -2.75. The molecule has 0 radical (unpaired) electrons. The van der Waals surface area contributed by atoms with Gasteiger partial charge in [-0.2, -0.15) is 0 Å². The average Bonchev–Trinajstić information content (AvgIpc) is 3.02. The van der Waals surface area contributed by atoms with Gasteiger partial charge in [-0.25, -0.2) is 0 Å². The molecular formula is C19H18O4. The highest BCUT2D eigenvalue weighted by Gasteiger charge is 2.47. The zero-order valence-corrected chi connectivity index (χ0v) is 13.3. The Morgan fingerprint density at radius 1 is 1.00 bits per heavy atom. The summed E-state index contributed by atoms with van der Waals surface area (Å²) in [6.45, 7) is 0. The van der Waals surface area contributed by atoms with E-state index in [0.29, 0.717) is 11.5 Å². The molecule has 4 heteroatoms. The number of benzene rings is 2. The van der Waals surface area contributed by atoms with E-state index >= 15 is 0 Å². The van der Waals surface area contributed by atoms with Crippen molar-refractivity contribution in [3.05, 3.63) is 65.2 Å². The monoisotopic (exact) mass is 310 g/mol. The zero-order valence-electron chi connectivity index (χ0n) is 13.3. The molecule has 2 aromatic carbocycles. The number of hydrogen-bond acceptors (Lipinski definition) is 4. The predicted molar refractivity (Wildman–Crippen MR) is 87.8 cm³/mol. The molecule has 1 unspecified atom stereocenters. The van der Waals surface area contributed by atoms with Crippen LogP contribution < -0.4 is 9.47 Å². The first-order chi connectivity index (χ1) is 11.2. The minimum absolute atomic E-state index is 0.356. The highest BCUT2D eigenvalue weighted by Crippen LogP contribution is 2.47. The molecule has 1 aliphatic rings. The van der Waals surface area contributed by atoms with E-state index in [1.807, 2.05) is 54.6 Å². The second kappa shape index (κ2) is 5.80. The normalized spacial score (nSPS) is 18.4. The quantitative estimate of drug-likeness (QED) is 0.814. The van der Waals surface area contributed by atoms with E-state index in [0.717, 1.165) is 16.7 Å². The van der Waals surface area contributed by atoms with Gasteiger partial charge in [0, 0.05) is 5.56 Å². The number of fused-ring (bicyclic) bond motifs is 1. The minimum atomic E-state index is -1.04. The summed E-state index contributed by atoms with van der Waals surface area (Å²) in [5.74, 6) is 0.980. The number of ether oxygens (including phenoxy) is 3. The van der Waals surface area contributed by atoms with Crippen LogP contribution in [0.1, 0.15) is 16.7 Å². The molecule has 1 atom stereocenters. The van der Waals surface area contributed by atoms with Crippen molar-refractivity contribution in [2.75, 3.05) is 21.3 Å². The fourth-order valence-corrected chi connectivity index (χ4v) is 3.14. The maximum Gasteiger partial charge on any atom is 0.324 e. The molecule has 0 bridgehead atoms. The SMILES string of the molecule is COC(=O)C1(c2cccc(OC)c2)C=Cc2cccc(OC)c21. The largest absolute Gasteiger partial charge is 0.497 e. The van der Waals surface area contributed by atoms with Crippen LogP contribution in [0.3, 0.4) is 0 Å². The van der Waals surface area contributed by atoms with Crippen molar-refractivity contribution >= 4 is 12.0 Å². The second-order valence-electron chi connectivity index (χ2n) is 5.29. The molecule has 0 heterocycles. The van der Waals surface area contributed by atoms with Crippen molar-refractivity contribution in [2.45, 2.75) is 5.41 Å². The van der Waals surface area contributed by atoms with Gasteiger partial charge >= 0.3 is 5.97 Å². The van der Waals surface area contributed by atoms with Gasteiger partial charge in [0.15, 0.2) is 0 Å². The van der Waals surface area contributed by atoms with Crippen molar-refractivity contribution in [3.63, 3.8) is 0 Å². The maximum absolute atomic E-state index is 12.8. The Kier molecular flexibility index (Phi) is 3.82. The average molecular weight is 310 g/mol. The Morgan fingerprint density at radius 3 is 2.48 bits per heavy atom. The number of carbonyl (C=O) groups is 1. The summed E-state index contributed by atoms with van der Waals surface area (Å²) in [4.78, 5) is 12.8. The van der Waals surface area contributed by atoms with Crippen LogP contribution in [-0.2, 0) is 14.9 Å². The molecule has 0 spiro atoms. The molecule has 2 aromatic rings. The minimum Gasteiger partial charge on any atom is -0.497 e. The van der Waals surface area contributed by atoms with Crippen LogP contribution in [0.5, 0.6) is 11.5 Å². The van der Waals surface area contributed by atoms with Crippen molar-refractivity contribution in [1.29, 1.82) is 0 Å². The molecule has 4 nitrogen and oxygen atoms in total. The van der Waals surface area contributed by atoms with Gasteiger partial charge in [0.1, 0.15) is 16.9 Å². The third-order valence-corrected chi connectivity index (χ3v) is 4.22. The summed E-state index contributed by atoms with van der Waals surface area (Å²) in [5.41, 5.74) is 1.48. The highest BCUT2D eigenvalue weighted by molar-refractivity contribution is 5.96. The van der Waals surface area contributed by atoms with Crippen molar-refractivity contribution in [1.82, 2.24) is 0 Å². The molecule has 0 aromatic heterocycles. The van der Waals surface area contributed by atoms with Gasteiger partial charge in [-0.15, -0.1) is 0 Å². The van der Waals surface area contributed by atoms with Crippen LogP contribution in [-0.4, -0.2) is 27.3 Å². The van der Waals surface area contributed by atoms with Crippen LogP contribution in [0.25, 0.3) is 6.08 Å². The predicted octanol–water partition coefficient (Wildman–Crippen LogP) is 3.19. The van der Waals surface area contributed by atoms with Crippen LogP contribution in [0.4, 0.5) is 0 Å². The number of methoxy groups -OCH3 is 3. The molecular weight excluding hydrogens is 292 g/mol. The molecule has 118 valence electrons. The van der Waals surface area contributed by atoms with Gasteiger partial charge in [-0.1, -0.05) is 36.4 Å². The summed E-state index contributed by atoms with van der Waals surface area (Å²) < 4.78 is 16.0. The molecule has 0 N–H and O–H groups in total. The molecule has 0 saturated carbocycles. The van der Waals surface area contributed by atoms with E-state index in [1.54, 1.807) is 14.2 Å². The fourth-order valence-electron chi connectivity index (χ4n) is 3.14. The first kappa shape index (κ1) is 15.2. The standard InChI is InChI=1S/C19H18O4/c1-21-15-8-5-7-14(12-15)19(18(20)23-3)11-10-13-6-4-9-16(22-2)17(13)19/h4-12H,1-3H3. The van der Waals surface area contributed by atoms with Gasteiger partial charge < -0.3 is 14.2 Å². The van der Waals surface area contributed by atoms with Crippen LogP contribution in [0, 0.1) is 0 Å². The van der Waals surface area contributed by atoms with E-state index in [2.05, 4.69) is 0 Å². The van der Waals surface area contributed by atoms with Gasteiger partial charge in [-0.3, -0.25) is 4.79 Å². The van der Waals surface area contributed by atoms with Gasteiger partial charge in [-0.05, 0) is 29.3 Å². The summed E-state index contributed by atoms with van der Waals surface area (Å²) in [7, 11) is 4.59. The number of rotatable bonds is 4. The van der Waals surface area contributed by atoms with Crippen molar-refractivity contribution in [2.24, 2.45) is 0 Å². The van der Waals surface area contributed by atoms with E-state index in [1.165, 1.54) is 7.11 Å². The lowest BCUT2D eigenvalue weighted by Crippen LogP contribution is -2.35. The highest BCUT2D eigenvalue weighted by atomic mass is 16.5. The molecule has 0 aliphatic heterocycles. The first-order valence-electron chi connectivity index (χ1n) is 7.27. The lowest BCUT2D eigenvalue weighted by atomic mass is 9.75. The van der Waals surface area contributed by atoms with Crippen LogP contribution >= 0.6 is 0 Å². The van der Waals surface area contributed by atoms with Gasteiger partial charge in [0.25, 0.3) is 0 Å². The topological polar surface area (TPSA) is 44.8 Å². The third-order valence-electron chi connectivity index (χ3n) is 4.22. The Labute approximate surface area is 135 Å². The molecule has 1 aliphatic carbocycles. The maximum atomic E-state index is 12.8. The summed E-state index contributed by atoms with van der Waals surface area (Å²) in [6, 6.07) is 13.2. The fraction of sp³-hybridized carbons (Fsp3) is 0.211. The number of esters is 1. The van der Waals surface area contributed by atoms with Crippen LogP contribution in [0.2, 0.25) is 0 Å². The van der Waals surface area contributed by atoms with Crippen LogP contribution in [0.15, 0.2) is 48.5 Å². The van der Waals surface area contributed by atoms with E-state index in [-0.39, 0.29) is 5.97 Å². The molecule has 0 saturated heterocycles. The van der Waals surface area contributed by atoms with Gasteiger partial charge in [0.2, 0.25) is 0 Å². The van der Waals surface area contributed by atoms with E-state index in [4.69, 9.17) is 14.2 Å². The lowest BCUT2D eigenvalue weighted by molar-refractivity contribution is -0.144. The molecule has 3 rings (SSSR count). The molecule has 0 amide bonds. The number of carbonyl (C=O) groups excluding carboxylic acids is 1. The summed E-state index contributed by atoms with van der Waals surface area (Å²) in [5, 5.41) is 0. The molecule has 0 fully saturated rings. The number of hydrogen-bond donors (Lipinski definition) is 0. The molecule has 23 heavy (non-hydrogen) atoms. The van der Waals surface area contributed by atoms with E-state index < -0.39 is 5.41 Å². The first-order valence-corrected chi connectivity index (χ1v) is 7.27. The van der Waals surface area contributed by atoms with E-state index in [9.17, 15) is 4.79 Å². The smallest absolute Gasteiger partial charge is 0.324 e. The van der Waals surface area contributed by atoms with Crippen molar-refractivity contribution < 1.29 is 19.0 Å². The lowest BCUT2D eigenvalue weighted by Gasteiger charge is -2.28. The second-order valence-corrected chi connectivity index (χ2v) is 5.29. The van der Waals surface area contributed by atoms with Crippen molar-refractivity contribution in [3.8, 4) is 11.5 Å². The Balaban J connectivity index is 2.31. The Bertz CT molecular complexity index is 779. The Morgan fingerprint density at radius 2 is 1.78 bits per heavy atom. The summed E-state index contributed by atoms with van der Waals surface area (Å²) in [6.07, 6.45) is 3.79. The van der Waals surface area contributed by atoms with Gasteiger partial charge in [0.05, 0.1) is 21.3 Å². The summed E-state index contributed by atoms with van der Waals surface area (Å²) >= 11 is 0. The zero-order chi connectivity index (χ0) is 16.4.